The molecular formula is C18H25N5O2. The van der Waals surface area contributed by atoms with E-state index in [0.717, 1.165) is 42.7 Å². The van der Waals surface area contributed by atoms with Crippen LogP contribution in [-0.4, -0.2) is 78.3 Å². The molecule has 0 saturated carbocycles. The summed E-state index contributed by atoms with van der Waals surface area (Å²) in [7, 11) is 2.12. The molecule has 0 aromatic carbocycles. The predicted octanol–water partition coefficient (Wildman–Crippen LogP) is 1.92. The molecule has 2 saturated heterocycles. The lowest BCUT2D eigenvalue weighted by Crippen LogP contribution is -2.54. The second-order valence-electron chi connectivity index (χ2n) is 6.80. The number of carbonyl (C=O) groups excluding carboxylic acids is 1. The van der Waals surface area contributed by atoms with E-state index in [4.69, 9.17) is 4.74 Å². The van der Waals surface area contributed by atoms with E-state index in [9.17, 15) is 4.79 Å². The summed E-state index contributed by atoms with van der Waals surface area (Å²) in [6.45, 7) is 4.29. The Morgan fingerprint density at radius 3 is 2.96 bits per heavy atom. The Morgan fingerprint density at radius 1 is 1.28 bits per heavy atom. The second kappa shape index (κ2) is 6.92. The first kappa shape index (κ1) is 16.2. The van der Waals surface area contributed by atoms with Gasteiger partial charge in [-0.2, -0.15) is 0 Å². The van der Waals surface area contributed by atoms with Crippen molar-refractivity contribution in [3.8, 4) is 0 Å². The fourth-order valence-electron chi connectivity index (χ4n) is 3.85. The molecule has 0 unspecified atom stereocenters. The predicted molar refractivity (Wildman–Crippen MR) is 96.9 cm³/mol. The number of urea groups is 1. The molecule has 0 aliphatic carbocycles. The highest BCUT2D eigenvalue weighted by atomic mass is 16.5. The van der Waals surface area contributed by atoms with Gasteiger partial charge in [0.2, 0.25) is 0 Å². The summed E-state index contributed by atoms with van der Waals surface area (Å²) >= 11 is 0. The number of ether oxygens (including phenoxy) is 1. The first-order valence-electron chi connectivity index (χ1n) is 9.00. The molecule has 2 aliphatic heterocycles. The van der Waals surface area contributed by atoms with E-state index in [1.54, 1.807) is 0 Å². The van der Waals surface area contributed by atoms with E-state index < -0.39 is 0 Å². The quantitative estimate of drug-likeness (QED) is 0.905. The molecule has 2 amide bonds. The monoisotopic (exact) mass is 343 g/mol. The number of likely N-dealkylation sites (tertiary alicyclic amines) is 1. The van der Waals surface area contributed by atoms with Crippen LogP contribution in [0.25, 0.3) is 11.0 Å². The third-order valence-electron chi connectivity index (χ3n) is 5.31. The fraction of sp³-hybridized carbons (Fsp3) is 0.556. The van der Waals surface area contributed by atoms with Gasteiger partial charge in [0.05, 0.1) is 13.2 Å². The van der Waals surface area contributed by atoms with Gasteiger partial charge in [0.25, 0.3) is 0 Å². The number of H-pyrrole nitrogens is 1. The largest absolute Gasteiger partial charge is 0.378 e. The number of piperidine rings is 1. The van der Waals surface area contributed by atoms with Crippen molar-refractivity contribution < 1.29 is 9.53 Å². The van der Waals surface area contributed by atoms with Crippen LogP contribution in [0, 0.1) is 0 Å². The van der Waals surface area contributed by atoms with Crippen LogP contribution >= 0.6 is 0 Å². The van der Waals surface area contributed by atoms with Crippen LogP contribution in [0.3, 0.4) is 0 Å². The molecular weight excluding hydrogens is 318 g/mol. The minimum atomic E-state index is 0.155. The average Bonchev–Trinajstić information content (AvgIpc) is 3.16. The highest BCUT2D eigenvalue weighted by molar-refractivity contribution is 5.89. The number of morpholine rings is 1. The van der Waals surface area contributed by atoms with Crippen molar-refractivity contribution in [2.24, 2.45) is 0 Å². The first-order chi connectivity index (χ1) is 12.2. The Hall–Kier alpha value is -2.28. The lowest BCUT2D eigenvalue weighted by Gasteiger charge is -2.41. The average molecular weight is 343 g/mol. The van der Waals surface area contributed by atoms with Gasteiger partial charge in [-0.25, -0.2) is 9.78 Å². The van der Waals surface area contributed by atoms with E-state index in [2.05, 4.69) is 34.0 Å². The van der Waals surface area contributed by atoms with Crippen LogP contribution in [0.4, 0.5) is 10.5 Å². The van der Waals surface area contributed by atoms with Crippen molar-refractivity contribution in [2.45, 2.75) is 18.9 Å². The molecule has 7 nitrogen and oxygen atoms in total. The Morgan fingerprint density at radius 2 is 2.12 bits per heavy atom. The van der Waals surface area contributed by atoms with Crippen LogP contribution < -0.4 is 4.90 Å². The number of aromatic nitrogens is 2. The van der Waals surface area contributed by atoms with Crippen molar-refractivity contribution in [1.29, 1.82) is 0 Å². The smallest absolute Gasteiger partial charge is 0.320 e. The minimum Gasteiger partial charge on any atom is -0.378 e. The fourth-order valence-corrected chi connectivity index (χ4v) is 3.85. The van der Waals surface area contributed by atoms with Gasteiger partial charge in [-0.05, 0) is 25.0 Å². The van der Waals surface area contributed by atoms with Crippen molar-refractivity contribution in [3.63, 3.8) is 0 Å². The zero-order valence-corrected chi connectivity index (χ0v) is 14.6. The number of fused-ring (bicyclic) bond motifs is 1. The molecule has 134 valence electrons. The Balaban J connectivity index is 1.48. The number of hydrogen-bond acceptors (Lipinski definition) is 4. The highest BCUT2D eigenvalue weighted by Gasteiger charge is 2.30. The summed E-state index contributed by atoms with van der Waals surface area (Å²) in [6, 6.07) is 4.59. The molecule has 1 N–H and O–H groups in total. The molecule has 4 rings (SSSR count). The molecule has 7 heteroatoms. The summed E-state index contributed by atoms with van der Waals surface area (Å²) in [6.07, 6.45) is 5.89. The maximum Gasteiger partial charge on any atom is 0.320 e. The van der Waals surface area contributed by atoms with E-state index in [-0.39, 0.29) is 6.03 Å². The van der Waals surface area contributed by atoms with Gasteiger partial charge in [0.15, 0.2) is 0 Å². The lowest BCUT2D eigenvalue weighted by atomic mass is 10.0. The highest BCUT2D eigenvalue weighted by Crippen LogP contribution is 2.28. The summed E-state index contributed by atoms with van der Waals surface area (Å²) in [5.41, 5.74) is 2.07. The normalized spacial score (nSPS) is 21.6. The van der Waals surface area contributed by atoms with E-state index in [1.807, 2.05) is 22.2 Å². The number of aromatic amines is 1. The zero-order chi connectivity index (χ0) is 17.2. The number of amides is 2. The summed E-state index contributed by atoms with van der Waals surface area (Å²) in [5.74, 6) is 0. The number of nitrogens with one attached hydrogen (secondary N) is 1. The molecule has 25 heavy (non-hydrogen) atoms. The van der Waals surface area contributed by atoms with Crippen molar-refractivity contribution in [1.82, 2.24) is 19.8 Å². The molecule has 4 heterocycles. The summed E-state index contributed by atoms with van der Waals surface area (Å²) < 4.78 is 5.36. The summed E-state index contributed by atoms with van der Waals surface area (Å²) in [5, 5.41) is 1.13. The van der Waals surface area contributed by atoms with Gasteiger partial charge in [-0.3, -0.25) is 0 Å². The molecule has 0 radical (unpaired) electrons. The van der Waals surface area contributed by atoms with E-state index in [0.29, 0.717) is 32.3 Å². The van der Waals surface area contributed by atoms with Crippen LogP contribution in [-0.2, 0) is 4.74 Å². The third-order valence-corrected chi connectivity index (χ3v) is 5.31. The third kappa shape index (κ3) is 3.16. The standard InChI is InChI=1S/C18H25N5O2/c1-21(16-5-7-20-17-15(16)4-6-19-17)14-3-2-8-23(13-14)18(24)22-9-11-25-12-10-22/h4-7,14H,2-3,8-13H2,1H3,(H,19,20)/t14-/m1/s1. The minimum absolute atomic E-state index is 0.155. The van der Waals surface area contributed by atoms with Crippen LogP contribution in [0.15, 0.2) is 24.5 Å². The van der Waals surface area contributed by atoms with E-state index >= 15 is 0 Å². The molecule has 2 aliphatic rings. The maximum atomic E-state index is 12.8. The Bertz CT molecular complexity index is 740. The molecule has 2 aromatic rings. The van der Waals surface area contributed by atoms with E-state index in [1.165, 1.54) is 0 Å². The Labute approximate surface area is 147 Å². The second-order valence-corrected chi connectivity index (χ2v) is 6.80. The number of pyridine rings is 1. The van der Waals surface area contributed by atoms with Crippen molar-refractivity contribution >= 4 is 22.8 Å². The first-order valence-corrected chi connectivity index (χ1v) is 9.00. The molecule has 2 fully saturated rings. The number of nitrogens with zero attached hydrogens (tertiary/aromatic N) is 4. The molecule has 1 atom stereocenters. The zero-order valence-electron chi connectivity index (χ0n) is 14.6. The van der Waals surface area contributed by atoms with Crippen molar-refractivity contribution in [3.05, 3.63) is 24.5 Å². The van der Waals surface area contributed by atoms with Gasteiger partial charge in [0, 0.05) is 62.7 Å². The van der Waals surface area contributed by atoms with Crippen LogP contribution in [0.1, 0.15) is 12.8 Å². The molecule has 2 aromatic heterocycles. The number of rotatable bonds is 2. The topological polar surface area (TPSA) is 64.7 Å². The summed E-state index contributed by atoms with van der Waals surface area (Å²) in [4.78, 5) is 26.6. The van der Waals surface area contributed by atoms with Gasteiger partial charge in [-0.15, -0.1) is 0 Å². The Kier molecular flexibility index (Phi) is 4.48. The number of likely N-dealkylation sites (N-methyl/N-ethyl adjacent to an activating group) is 1. The van der Waals surface area contributed by atoms with Crippen LogP contribution in [0.2, 0.25) is 0 Å². The van der Waals surface area contributed by atoms with Gasteiger partial charge in [-0.1, -0.05) is 0 Å². The number of anilines is 1. The van der Waals surface area contributed by atoms with Gasteiger partial charge in [0.1, 0.15) is 5.65 Å². The number of carbonyl (C=O) groups is 1. The van der Waals surface area contributed by atoms with Gasteiger partial charge >= 0.3 is 6.03 Å². The van der Waals surface area contributed by atoms with Crippen LogP contribution in [0.5, 0.6) is 0 Å². The SMILES string of the molecule is CN(c1ccnc2[nH]ccc12)[C@@H]1CCCN(C(=O)N2CCOCC2)C1. The van der Waals surface area contributed by atoms with Crippen molar-refractivity contribution in [2.75, 3.05) is 51.3 Å². The number of hydrogen-bond donors (Lipinski definition) is 1. The maximum absolute atomic E-state index is 12.8. The molecule has 0 bridgehead atoms. The molecule has 0 spiro atoms. The van der Waals surface area contributed by atoms with Gasteiger partial charge < -0.3 is 24.4 Å². The lowest BCUT2D eigenvalue weighted by molar-refractivity contribution is 0.0409.